The quantitative estimate of drug-likeness (QED) is 0.578. The molecule has 1 aromatic heterocycles. The van der Waals surface area contributed by atoms with Crippen LogP contribution in [0.3, 0.4) is 0 Å². The van der Waals surface area contributed by atoms with E-state index in [2.05, 4.69) is 4.98 Å². The van der Waals surface area contributed by atoms with E-state index in [1.165, 1.54) is 0 Å². The molecule has 0 fully saturated rings. The normalized spacial score (nSPS) is 12.1. The van der Waals surface area contributed by atoms with Crippen molar-refractivity contribution >= 4 is 0 Å². The molecule has 0 N–H and O–H groups in total. The molecule has 0 saturated carbocycles. The fourth-order valence-corrected chi connectivity index (χ4v) is 1.06. The number of nitrogens with zero attached hydrogens (tertiary/aromatic N) is 1. The molecule has 0 spiro atoms. The van der Waals surface area contributed by atoms with E-state index in [-0.39, 0.29) is 5.41 Å². The first-order valence-corrected chi connectivity index (χ1v) is 3.54. The third-order valence-corrected chi connectivity index (χ3v) is 1.45. The van der Waals surface area contributed by atoms with E-state index in [9.17, 15) is 4.39 Å². The Hall–Kier alpha value is -0.860. The molecule has 0 amide bonds. The second-order valence-electron chi connectivity index (χ2n) is 3.63. The summed E-state index contributed by atoms with van der Waals surface area (Å²) in [4.78, 5) is 3.54. The van der Waals surface area contributed by atoms with Crippen LogP contribution in [0.5, 0.6) is 0 Å². The molecule has 3 heteroatoms. The van der Waals surface area contributed by atoms with Gasteiger partial charge < -0.3 is 4.42 Å². The van der Waals surface area contributed by atoms with Crippen LogP contribution < -0.4 is 0 Å². The summed E-state index contributed by atoms with van der Waals surface area (Å²) in [5, 5.41) is 0. The Bertz CT molecular complexity index is 260. The van der Waals surface area contributed by atoms with E-state index >= 15 is 0 Å². The molecule has 1 rings (SSSR count). The summed E-state index contributed by atoms with van der Waals surface area (Å²) < 4.78 is 17.2. The Morgan fingerprint density at radius 3 is 2.09 bits per heavy atom. The van der Waals surface area contributed by atoms with E-state index in [4.69, 9.17) is 4.42 Å². The number of hydrogen-bond donors (Lipinski definition) is 0. The summed E-state index contributed by atoms with van der Waals surface area (Å²) in [7, 11) is 0. The van der Waals surface area contributed by atoms with Gasteiger partial charge in [-0.1, -0.05) is 20.8 Å². The summed E-state index contributed by atoms with van der Waals surface area (Å²) >= 11 is 0. The fourth-order valence-electron chi connectivity index (χ4n) is 1.06. The highest BCUT2D eigenvalue weighted by molar-refractivity contribution is 5.14. The van der Waals surface area contributed by atoms with Gasteiger partial charge in [-0.15, -0.1) is 4.39 Å². The summed E-state index contributed by atoms with van der Waals surface area (Å²) in [5.74, 6) is 0.620. The molecule has 0 aliphatic rings. The van der Waals surface area contributed by atoms with E-state index in [0.717, 1.165) is 0 Å². The molecule has 0 atom stereocenters. The lowest BCUT2D eigenvalue weighted by Crippen LogP contribution is -2.11. The Labute approximate surface area is 65.4 Å². The van der Waals surface area contributed by atoms with Gasteiger partial charge in [0.25, 0.3) is 0 Å². The number of aromatic nitrogens is 1. The highest BCUT2D eigenvalue weighted by Crippen LogP contribution is 2.25. The number of oxazole rings is 1. The molecule has 0 unspecified atom stereocenters. The molecule has 62 valence electrons. The molecule has 2 nitrogen and oxygen atoms in total. The average molecular weight is 157 g/mol. The van der Waals surface area contributed by atoms with E-state index in [1.807, 2.05) is 20.8 Å². The van der Waals surface area contributed by atoms with Gasteiger partial charge in [-0.3, -0.25) is 0 Å². The molecule has 0 saturated heterocycles. The number of aryl methyl sites for hydroxylation is 1. The van der Waals surface area contributed by atoms with Crippen molar-refractivity contribution in [1.29, 1.82) is 0 Å². The minimum Gasteiger partial charge on any atom is -0.419 e. The van der Waals surface area contributed by atoms with Crippen LogP contribution in [-0.2, 0) is 5.41 Å². The largest absolute Gasteiger partial charge is 0.419 e. The predicted octanol–water partition coefficient (Wildman–Crippen LogP) is 2.42. The minimum absolute atomic E-state index is 0.165. The maximum atomic E-state index is 12.4. The molecule has 0 aromatic carbocycles. The predicted molar refractivity (Wildman–Crippen MR) is 39.9 cm³/mol. The van der Waals surface area contributed by atoms with Crippen molar-refractivity contribution in [3.8, 4) is 0 Å². The van der Waals surface area contributed by atoms with E-state index in [1.54, 1.807) is 6.92 Å². The van der Waals surface area contributed by atoms with Crippen LogP contribution in [0.25, 0.3) is 0 Å². The van der Waals surface area contributed by atoms with Crippen molar-refractivity contribution in [3.63, 3.8) is 0 Å². The van der Waals surface area contributed by atoms with Crippen molar-refractivity contribution in [2.45, 2.75) is 33.1 Å². The second-order valence-corrected chi connectivity index (χ2v) is 3.63. The highest BCUT2D eigenvalue weighted by atomic mass is 19.1. The average Bonchev–Trinajstić information content (AvgIpc) is 2.08. The Morgan fingerprint density at radius 1 is 1.36 bits per heavy atom. The molecule has 0 aliphatic heterocycles. The molecule has 0 aliphatic carbocycles. The summed E-state index contributed by atoms with van der Waals surface area (Å²) in [6.07, 6.45) is -0.743. The Balaban J connectivity index is 3.13. The van der Waals surface area contributed by atoms with Crippen LogP contribution in [0.1, 0.15) is 32.2 Å². The highest BCUT2D eigenvalue weighted by Gasteiger charge is 2.22. The van der Waals surface area contributed by atoms with Crippen LogP contribution in [0.4, 0.5) is 4.39 Å². The van der Waals surface area contributed by atoms with Gasteiger partial charge in [0.15, 0.2) is 0 Å². The van der Waals surface area contributed by atoms with Gasteiger partial charge in [0.1, 0.15) is 5.76 Å². The van der Waals surface area contributed by atoms with Gasteiger partial charge in [0, 0.05) is 5.41 Å². The van der Waals surface area contributed by atoms with Gasteiger partial charge in [-0.05, 0) is 6.92 Å². The lowest BCUT2D eigenvalue weighted by molar-refractivity contribution is 0.289. The smallest absolute Gasteiger partial charge is 0.381 e. The maximum Gasteiger partial charge on any atom is 0.381 e. The first kappa shape index (κ1) is 8.24. The van der Waals surface area contributed by atoms with Crippen molar-refractivity contribution in [2.75, 3.05) is 0 Å². The molecular formula is C8H12FNO. The lowest BCUT2D eigenvalue weighted by atomic mass is 9.92. The molecule has 0 radical (unpaired) electrons. The number of rotatable bonds is 0. The van der Waals surface area contributed by atoms with Crippen LogP contribution in [-0.4, -0.2) is 4.98 Å². The fraction of sp³-hybridized carbons (Fsp3) is 0.625. The Kier molecular flexibility index (Phi) is 1.74. The van der Waals surface area contributed by atoms with Crippen molar-refractivity contribution in [1.82, 2.24) is 4.98 Å². The molecule has 1 heterocycles. The van der Waals surface area contributed by atoms with Crippen molar-refractivity contribution in [2.24, 2.45) is 0 Å². The van der Waals surface area contributed by atoms with Crippen LogP contribution in [0.2, 0.25) is 0 Å². The first-order valence-electron chi connectivity index (χ1n) is 3.54. The summed E-state index contributed by atoms with van der Waals surface area (Å²) in [5.41, 5.74) is 0.469. The van der Waals surface area contributed by atoms with Crippen molar-refractivity contribution in [3.05, 3.63) is 17.6 Å². The zero-order valence-electron chi connectivity index (χ0n) is 7.23. The molecule has 0 bridgehead atoms. The minimum atomic E-state index is -0.743. The van der Waals surface area contributed by atoms with Crippen LogP contribution in [0.15, 0.2) is 4.42 Å². The molecule has 1 aromatic rings. The standard InChI is InChI=1S/C8H12FNO/c1-5-6(8(2,3)4)11-7(9)10-5/h1-4H3. The molecular weight excluding hydrogens is 145 g/mol. The summed E-state index contributed by atoms with van der Waals surface area (Å²) in [6.45, 7) is 7.62. The second kappa shape index (κ2) is 2.32. The third kappa shape index (κ3) is 1.59. The number of hydrogen-bond acceptors (Lipinski definition) is 2. The van der Waals surface area contributed by atoms with Gasteiger partial charge in [0.05, 0.1) is 5.69 Å². The van der Waals surface area contributed by atoms with E-state index < -0.39 is 6.14 Å². The van der Waals surface area contributed by atoms with Gasteiger partial charge >= 0.3 is 6.14 Å². The van der Waals surface area contributed by atoms with Crippen molar-refractivity contribution < 1.29 is 8.81 Å². The topological polar surface area (TPSA) is 26.0 Å². The maximum absolute atomic E-state index is 12.4. The lowest BCUT2D eigenvalue weighted by Gasteiger charge is -2.14. The zero-order chi connectivity index (χ0) is 8.65. The van der Waals surface area contributed by atoms with E-state index in [0.29, 0.717) is 11.5 Å². The van der Waals surface area contributed by atoms with Gasteiger partial charge in [-0.25, -0.2) is 0 Å². The third-order valence-electron chi connectivity index (χ3n) is 1.45. The summed E-state index contributed by atoms with van der Waals surface area (Å²) in [6, 6.07) is 0. The monoisotopic (exact) mass is 157 g/mol. The zero-order valence-corrected chi connectivity index (χ0v) is 7.23. The molecule has 11 heavy (non-hydrogen) atoms. The Morgan fingerprint density at radius 2 is 1.91 bits per heavy atom. The SMILES string of the molecule is Cc1nc(F)oc1C(C)(C)C. The first-order chi connectivity index (χ1) is 4.91. The van der Waals surface area contributed by atoms with Crippen LogP contribution >= 0.6 is 0 Å². The number of halogens is 1. The van der Waals surface area contributed by atoms with Gasteiger partial charge in [0.2, 0.25) is 0 Å². The van der Waals surface area contributed by atoms with Gasteiger partial charge in [-0.2, -0.15) is 4.98 Å². The van der Waals surface area contributed by atoms with Crippen LogP contribution in [0, 0.1) is 13.1 Å².